The number of hydrogen-bond acceptors (Lipinski definition) is 6. The summed E-state index contributed by atoms with van der Waals surface area (Å²) in [6.45, 7) is 1.53. The van der Waals surface area contributed by atoms with E-state index in [1.807, 2.05) is 6.92 Å². The third-order valence-electron chi connectivity index (χ3n) is 4.75. The Balaban J connectivity index is 1.58. The number of aryl methyl sites for hydroxylation is 1. The molecule has 0 bridgehead atoms. The number of nitrogens with one attached hydrogen (secondary N) is 2. The Kier molecular flexibility index (Phi) is 6.08. The summed E-state index contributed by atoms with van der Waals surface area (Å²) in [6.07, 6.45) is 3.38. The van der Waals surface area contributed by atoms with Gasteiger partial charge in [0.25, 0.3) is 0 Å². The van der Waals surface area contributed by atoms with Crippen molar-refractivity contribution in [2.75, 3.05) is 6.54 Å². The molecule has 162 valence electrons. The second-order valence-corrected chi connectivity index (χ2v) is 9.34. The normalized spacial score (nSPS) is 15.5. The highest BCUT2D eigenvalue weighted by atomic mass is 32.2. The molecule has 11 heteroatoms. The summed E-state index contributed by atoms with van der Waals surface area (Å²) in [7, 11) is 0. The molecule has 0 radical (unpaired) electrons. The van der Waals surface area contributed by atoms with Crippen molar-refractivity contribution < 1.29 is 22.7 Å². The Morgan fingerprint density at radius 2 is 2.13 bits per heavy atom. The molecule has 2 atom stereocenters. The van der Waals surface area contributed by atoms with Crippen LogP contribution in [-0.4, -0.2) is 43.1 Å². The Labute approximate surface area is 183 Å². The number of rotatable bonds is 7. The number of carbonyl (C=O) groups excluding carboxylic acids is 2. The van der Waals surface area contributed by atoms with Crippen LogP contribution in [0.1, 0.15) is 28.8 Å². The van der Waals surface area contributed by atoms with Crippen molar-refractivity contribution in [1.29, 1.82) is 0 Å². The predicted octanol–water partition coefficient (Wildman–Crippen LogP) is 2.46. The van der Waals surface area contributed by atoms with E-state index in [1.54, 1.807) is 24.4 Å². The largest absolute Gasteiger partial charge is 0.352 e. The smallest absolute Gasteiger partial charge is 0.245 e. The zero-order valence-corrected chi connectivity index (χ0v) is 18.1. The molecule has 0 saturated heterocycles. The number of pyridine rings is 1. The van der Waals surface area contributed by atoms with Crippen LogP contribution in [0, 0.1) is 12.7 Å². The van der Waals surface area contributed by atoms with Gasteiger partial charge in [-0.3, -0.25) is 14.6 Å². The molecule has 2 amide bonds. The van der Waals surface area contributed by atoms with Crippen molar-refractivity contribution in [3.8, 4) is 11.1 Å². The van der Waals surface area contributed by atoms with Gasteiger partial charge in [-0.1, -0.05) is 6.07 Å². The first-order chi connectivity index (χ1) is 14.8. The number of nitrogens with zero attached hydrogens (tertiary/aromatic N) is 2. The van der Waals surface area contributed by atoms with Gasteiger partial charge in [0.05, 0.1) is 16.8 Å². The molecule has 8 nitrogen and oxygen atoms in total. The summed E-state index contributed by atoms with van der Waals surface area (Å²) in [6, 6.07) is 6.47. The topological polar surface area (TPSA) is 121 Å². The summed E-state index contributed by atoms with van der Waals surface area (Å²) in [5, 5.41) is 3.67. The fraction of sp³-hybridized carbons (Fsp3) is 0.300. The quantitative estimate of drug-likeness (QED) is 0.464. The lowest BCUT2D eigenvalue weighted by atomic mass is 10.1. The minimum Gasteiger partial charge on any atom is -0.352 e. The first kappa shape index (κ1) is 21.5. The fourth-order valence-electron chi connectivity index (χ4n) is 2.98. The molecular formula is C20H19FN4O4S2. The molecule has 2 aromatic heterocycles. The van der Waals surface area contributed by atoms with Crippen LogP contribution in [0.5, 0.6) is 0 Å². The maximum absolute atomic E-state index is 14.7. The minimum atomic E-state index is -2.57. The maximum atomic E-state index is 14.7. The van der Waals surface area contributed by atoms with Crippen molar-refractivity contribution >= 4 is 44.4 Å². The summed E-state index contributed by atoms with van der Waals surface area (Å²) in [4.78, 5) is 32.6. The van der Waals surface area contributed by atoms with Gasteiger partial charge in [0, 0.05) is 35.1 Å². The standard InChI is InChI=1S/C20H19FN4O4S2/c1-10-2-3-11(8-22-10)13-6-16-15(7-14(13)21)25-20(30-16)18(31(28)29)19(27)23-9-17(26)24-12-4-5-12/h2-3,6-8,12,18H,4-5,9H2,1H3,(H,23,27)(H,24,26)(H,28,29). The van der Waals surface area contributed by atoms with E-state index < -0.39 is 28.1 Å². The molecule has 2 unspecified atom stereocenters. The van der Waals surface area contributed by atoms with Crippen LogP contribution in [0.4, 0.5) is 4.39 Å². The number of hydrogen-bond donors (Lipinski definition) is 3. The number of benzene rings is 1. The highest BCUT2D eigenvalue weighted by molar-refractivity contribution is 7.80. The van der Waals surface area contributed by atoms with Gasteiger partial charge in [-0.05, 0) is 31.9 Å². The second-order valence-electron chi connectivity index (χ2n) is 7.26. The van der Waals surface area contributed by atoms with Crippen LogP contribution in [0.15, 0.2) is 30.5 Å². The average Bonchev–Trinajstić information content (AvgIpc) is 3.44. The van der Waals surface area contributed by atoms with Gasteiger partial charge < -0.3 is 15.2 Å². The van der Waals surface area contributed by atoms with E-state index in [0.29, 0.717) is 15.8 Å². The third-order valence-corrected chi connectivity index (χ3v) is 6.82. The van der Waals surface area contributed by atoms with Crippen LogP contribution < -0.4 is 10.6 Å². The molecule has 3 aromatic rings. The number of aromatic nitrogens is 2. The van der Waals surface area contributed by atoms with E-state index in [0.717, 1.165) is 29.9 Å². The van der Waals surface area contributed by atoms with Gasteiger partial charge in [0.2, 0.25) is 11.8 Å². The maximum Gasteiger partial charge on any atom is 0.245 e. The van der Waals surface area contributed by atoms with E-state index in [9.17, 15) is 22.7 Å². The highest BCUT2D eigenvalue weighted by Crippen LogP contribution is 2.34. The molecule has 0 aliphatic heterocycles. The lowest BCUT2D eigenvalue weighted by molar-refractivity contribution is -0.126. The minimum absolute atomic E-state index is 0.0644. The van der Waals surface area contributed by atoms with Gasteiger partial charge in [-0.25, -0.2) is 13.6 Å². The molecule has 1 fully saturated rings. The molecule has 3 N–H and O–H groups in total. The number of fused-ring (bicyclic) bond motifs is 1. The molecule has 31 heavy (non-hydrogen) atoms. The second kappa shape index (κ2) is 8.77. The summed E-state index contributed by atoms with van der Waals surface area (Å²) in [5.41, 5.74) is 1.98. The van der Waals surface area contributed by atoms with E-state index in [-0.39, 0.29) is 29.0 Å². The third kappa shape index (κ3) is 4.94. The molecule has 1 aliphatic carbocycles. The van der Waals surface area contributed by atoms with Crippen molar-refractivity contribution in [2.45, 2.75) is 31.1 Å². The molecule has 2 heterocycles. The molecule has 1 aliphatic rings. The summed E-state index contributed by atoms with van der Waals surface area (Å²) < 4.78 is 36.8. The molecule has 1 saturated carbocycles. The first-order valence-electron chi connectivity index (χ1n) is 9.51. The van der Waals surface area contributed by atoms with Crippen LogP contribution in [0.2, 0.25) is 0 Å². The van der Waals surface area contributed by atoms with Crippen molar-refractivity contribution in [2.24, 2.45) is 0 Å². The average molecular weight is 463 g/mol. The highest BCUT2D eigenvalue weighted by Gasteiger charge is 2.31. The van der Waals surface area contributed by atoms with Gasteiger partial charge in [0.1, 0.15) is 10.8 Å². The molecule has 0 spiro atoms. The molecular weight excluding hydrogens is 443 g/mol. The first-order valence-corrected chi connectivity index (χ1v) is 11.5. The van der Waals surface area contributed by atoms with Crippen molar-refractivity contribution in [3.63, 3.8) is 0 Å². The van der Waals surface area contributed by atoms with Crippen LogP contribution in [0.25, 0.3) is 21.3 Å². The number of halogens is 1. The zero-order chi connectivity index (χ0) is 22.1. The Morgan fingerprint density at radius 1 is 1.35 bits per heavy atom. The lowest BCUT2D eigenvalue weighted by Crippen LogP contribution is -2.40. The predicted molar refractivity (Wildman–Crippen MR) is 115 cm³/mol. The SMILES string of the molecule is Cc1ccc(-c2cc3sc(C(C(=O)NCC(=O)NC4CC4)S(=O)O)nc3cc2F)cn1. The van der Waals surface area contributed by atoms with E-state index >= 15 is 0 Å². The molecule has 1 aromatic carbocycles. The number of thiazole rings is 1. The fourth-order valence-corrected chi connectivity index (χ4v) is 4.84. The van der Waals surface area contributed by atoms with Crippen LogP contribution >= 0.6 is 11.3 Å². The number of carbonyl (C=O) groups is 2. The van der Waals surface area contributed by atoms with E-state index in [1.165, 1.54) is 6.07 Å². The van der Waals surface area contributed by atoms with E-state index in [2.05, 4.69) is 20.6 Å². The lowest BCUT2D eigenvalue weighted by Gasteiger charge is -2.11. The van der Waals surface area contributed by atoms with Crippen molar-refractivity contribution in [1.82, 2.24) is 20.6 Å². The monoisotopic (exact) mass is 462 g/mol. The Hall–Kier alpha value is -2.76. The van der Waals surface area contributed by atoms with Crippen LogP contribution in [-0.2, 0) is 20.7 Å². The zero-order valence-electron chi connectivity index (χ0n) is 16.4. The number of amides is 2. The van der Waals surface area contributed by atoms with Crippen LogP contribution in [0.3, 0.4) is 0 Å². The molecule has 4 rings (SSSR count). The Morgan fingerprint density at radius 3 is 2.77 bits per heavy atom. The van der Waals surface area contributed by atoms with E-state index in [4.69, 9.17) is 0 Å². The summed E-state index contributed by atoms with van der Waals surface area (Å²) in [5.74, 6) is -1.67. The van der Waals surface area contributed by atoms with Gasteiger partial charge in [0.15, 0.2) is 16.3 Å². The summed E-state index contributed by atoms with van der Waals surface area (Å²) >= 11 is -1.55. The van der Waals surface area contributed by atoms with Gasteiger partial charge in [-0.15, -0.1) is 11.3 Å². The van der Waals surface area contributed by atoms with Crippen molar-refractivity contribution in [3.05, 3.63) is 47.0 Å². The van der Waals surface area contributed by atoms with Gasteiger partial charge in [-0.2, -0.15) is 0 Å². The van der Waals surface area contributed by atoms with Gasteiger partial charge >= 0.3 is 0 Å². The Bertz CT molecular complexity index is 1180.